The Labute approximate surface area is 61.7 Å². The summed E-state index contributed by atoms with van der Waals surface area (Å²) < 4.78 is 0. The molecule has 2 heteroatoms. The fourth-order valence-corrected chi connectivity index (χ4v) is 2.14. The third-order valence-electron chi connectivity index (χ3n) is 2.67. The summed E-state index contributed by atoms with van der Waals surface area (Å²) >= 11 is 0. The van der Waals surface area contributed by atoms with Crippen LogP contribution >= 0.6 is 0 Å². The second-order valence-electron chi connectivity index (χ2n) is 3.33. The lowest BCUT2D eigenvalue weighted by atomic mass is 10.0. The molecule has 2 heterocycles. The van der Waals surface area contributed by atoms with Crippen molar-refractivity contribution in [2.45, 2.75) is 38.1 Å². The van der Waals surface area contributed by atoms with E-state index in [1.54, 1.807) is 0 Å². The number of nitrogens with zero attached hydrogens (tertiary/aromatic N) is 1. The molecule has 0 saturated carbocycles. The summed E-state index contributed by atoms with van der Waals surface area (Å²) in [5.74, 6) is 0.897. The average molecular weight is 138 g/mol. The molecule has 0 bridgehead atoms. The highest BCUT2D eigenvalue weighted by atomic mass is 15.2. The molecule has 1 N–H and O–H groups in total. The lowest BCUT2D eigenvalue weighted by Gasteiger charge is -2.31. The monoisotopic (exact) mass is 138 g/mol. The summed E-state index contributed by atoms with van der Waals surface area (Å²) in [6.45, 7) is 1.16. The molecule has 2 aliphatic heterocycles. The molecule has 0 aromatic carbocycles. The van der Waals surface area contributed by atoms with Crippen molar-refractivity contribution in [3.63, 3.8) is 0 Å². The third kappa shape index (κ3) is 0.825. The van der Waals surface area contributed by atoms with Gasteiger partial charge in [-0.3, -0.25) is 5.41 Å². The first-order chi connectivity index (χ1) is 4.88. The summed E-state index contributed by atoms with van der Waals surface area (Å²) in [4.78, 5) is 2.30. The zero-order valence-electron chi connectivity index (χ0n) is 6.27. The number of amidine groups is 1. The first-order valence-corrected chi connectivity index (χ1v) is 4.22. The first-order valence-electron chi connectivity index (χ1n) is 4.22. The fraction of sp³-hybridized carbons (Fsp3) is 0.875. The molecule has 56 valence electrons. The van der Waals surface area contributed by atoms with Crippen LogP contribution in [0.15, 0.2) is 0 Å². The molecule has 0 aliphatic carbocycles. The van der Waals surface area contributed by atoms with Crippen LogP contribution in [0.2, 0.25) is 0 Å². The van der Waals surface area contributed by atoms with Gasteiger partial charge in [-0.05, 0) is 25.7 Å². The van der Waals surface area contributed by atoms with E-state index >= 15 is 0 Å². The molecule has 0 aromatic heterocycles. The van der Waals surface area contributed by atoms with Crippen LogP contribution in [0.25, 0.3) is 0 Å². The van der Waals surface area contributed by atoms with Crippen molar-refractivity contribution < 1.29 is 0 Å². The van der Waals surface area contributed by atoms with Crippen molar-refractivity contribution in [1.82, 2.24) is 4.90 Å². The minimum absolute atomic E-state index is 0.751. The second kappa shape index (κ2) is 2.26. The smallest absolute Gasteiger partial charge is 0.0960 e. The van der Waals surface area contributed by atoms with E-state index in [1.165, 1.54) is 25.7 Å². The van der Waals surface area contributed by atoms with Crippen molar-refractivity contribution in [2.75, 3.05) is 6.54 Å². The minimum atomic E-state index is 0.751. The predicted molar refractivity (Wildman–Crippen MR) is 41.3 cm³/mol. The maximum atomic E-state index is 7.64. The van der Waals surface area contributed by atoms with Gasteiger partial charge in [0.2, 0.25) is 0 Å². The number of fused-ring (bicyclic) bond motifs is 1. The Morgan fingerprint density at radius 1 is 1.30 bits per heavy atom. The predicted octanol–water partition coefficient (Wildman–Crippen LogP) is 1.61. The van der Waals surface area contributed by atoms with Crippen LogP contribution in [-0.4, -0.2) is 23.3 Å². The largest absolute Gasteiger partial charge is 0.358 e. The van der Waals surface area contributed by atoms with Gasteiger partial charge in [0.05, 0.1) is 5.84 Å². The zero-order chi connectivity index (χ0) is 6.97. The molecule has 0 amide bonds. The second-order valence-corrected chi connectivity index (χ2v) is 3.33. The van der Waals surface area contributed by atoms with E-state index in [-0.39, 0.29) is 0 Å². The van der Waals surface area contributed by atoms with Crippen molar-refractivity contribution in [3.05, 3.63) is 0 Å². The Morgan fingerprint density at radius 2 is 2.10 bits per heavy atom. The minimum Gasteiger partial charge on any atom is -0.358 e. The molecular formula is C8H14N2. The third-order valence-corrected chi connectivity index (χ3v) is 2.67. The van der Waals surface area contributed by atoms with Gasteiger partial charge >= 0.3 is 0 Å². The lowest BCUT2D eigenvalue weighted by molar-refractivity contribution is 0.326. The number of rotatable bonds is 0. The Morgan fingerprint density at radius 3 is 2.90 bits per heavy atom. The van der Waals surface area contributed by atoms with Gasteiger partial charge in [-0.2, -0.15) is 0 Å². The van der Waals surface area contributed by atoms with Crippen molar-refractivity contribution in [1.29, 1.82) is 5.41 Å². The number of piperidine rings is 1. The molecule has 1 unspecified atom stereocenters. The molecule has 2 nitrogen and oxygen atoms in total. The summed E-state index contributed by atoms with van der Waals surface area (Å²) in [6, 6.07) is 0.751. The van der Waals surface area contributed by atoms with Gasteiger partial charge in [-0.1, -0.05) is 0 Å². The quantitative estimate of drug-likeness (QED) is 0.541. The number of hydrogen-bond acceptors (Lipinski definition) is 1. The Balaban J connectivity index is 2.10. The maximum absolute atomic E-state index is 7.64. The average Bonchev–Trinajstić information content (AvgIpc) is 2.36. The molecule has 0 spiro atoms. The van der Waals surface area contributed by atoms with E-state index in [4.69, 9.17) is 5.41 Å². The van der Waals surface area contributed by atoms with E-state index < -0.39 is 0 Å². The van der Waals surface area contributed by atoms with E-state index in [0.717, 1.165) is 24.8 Å². The van der Waals surface area contributed by atoms with Gasteiger partial charge in [0.1, 0.15) is 0 Å². The SMILES string of the molecule is N=C1CCCC2CCCN12. The zero-order valence-corrected chi connectivity index (χ0v) is 6.27. The molecule has 0 radical (unpaired) electrons. The van der Waals surface area contributed by atoms with Crippen LogP contribution in [0.4, 0.5) is 0 Å². The van der Waals surface area contributed by atoms with Crippen molar-refractivity contribution >= 4 is 5.84 Å². The van der Waals surface area contributed by atoms with Crippen LogP contribution in [0.3, 0.4) is 0 Å². The lowest BCUT2D eigenvalue weighted by Crippen LogP contribution is -2.38. The molecule has 2 rings (SSSR count). The van der Waals surface area contributed by atoms with Crippen LogP contribution in [0.5, 0.6) is 0 Å². The Hall–Kier alpha value is -0.530. The van der Waals surface area contributed by atoms with Gasteiger partial charge in [-0.15, -0.1) is 0 Å². The number of nitrogens with one attached hydrogen (secondary N) is 1. The van der Waals surface area contributed by atoms with E-state index in [1.807, 2.05) is 0 Å². The number of hydrogen-bond donors (Lipinski definition) is 1. The molecule has 0 aromatic rings. The Bertz CT molecular complexity index is 153. The van der Waals surface area contributed by atoms with Gasteiger partial charge in [0.25, 0.3) is 0 Å². The topological polar surface area (TPSA) is 27.1 Å². The van der Waals surface area contributed by atoms with Crippen LogP contribution in [0.1, 0.15) is 32.1 Å². The van der Waals surface area contributed by atoms with Gasteiger partial charge in [-0.25, -0.2) is 0 Å². The fourth-order valence-electron chi connectivity index (χ4n) is 2.14. The standard InChI is InChI=1S/C8H14N2/c9-8-5-1-3-7-4-2-6-10(7)8/h7,9H,1-6H2. The highest BCUT2D eigenvalue weighted by Crippen LogP contribution is 2.27. The van der Waals surface area contributed by atoms with Gasteiger partial charge in [0.15, 0.2) is 0 Å². The molecule has 2 saturated heterocycles. The normalized spacial score (nSPS) is 32.6. The molecular weight excluding hydrogens is 124 g/mol. The molecule has 2 fully saturated rings. The first kappa shape index (κ1) is 6.20. The molecule has 2 aliphatic rings. The summed E-state index contributed by atoms with van der Waals surface area (Å²) in [5.41, 5.74) is 0. The molecule has 10 heavy (non-hydrogen) atoms. The van der Waals surface area contributed by atoms with Crippen LogP contribution in [0, 0.1) is 5.41 Å². The summed E-state index contributed by atoms with van der Waals surface area (Å²) in [6.07, 6.45) is 6.26. The Kier molecular flexibility index (Phi) is 1.40. The van der Waals surface area contributed by atoms with Gasteiger partial charge in [0, 0.05) is 19.0 Å². The van der Waals surface area contributed by atoms with E-state index in [9.17, 15) is 0 Å². The summed E-state index contributed by atoms with van der Waals surface area (Å²) in [7, 11) is 0. The van der Waals surface area contributed by atoms with Gasteiger partial charge < -0.3 is 4.90 Å². The maximum Gasteiger partial charge on any atom is 0.0960 e. The highest BCUT2D eigenvalue weighted by molar-refractivity contribution is 5.80. The van der Waals surface area contributed by atoms with Crippen LogP contribution < -0.4 is 0 Å². The van der Waals surface area contributed by atoms with E-state index in [2.05, 4.69) is 4.90 Å². The highest BCUT2D eigenvalue weighted by Gasteiger charge is 2.28. The molecule has 1 atom stereocenters. The van der Waals surface area contributed by atoms with E-state index in [0.29, 0.717) is 0 Å². The summed E-state index contributed by atoms with van der Waals surface area (Å²) in [5, 5.41) is 7.64. The van der Waals surface area contributed by atoms with Crippen molar-refractivity contribution in [2.24, 2.45) is 0 Å². The van der Waals surface area contributed by atoms with Crippen LogP contribution in [-0.2, 0) is 0 Å². The van der Waals surface area contributed by atoms with Crippen molar-refractivity contribution in [3.8, 4) is 0 Å².